The predicted octanol–water partition coefficient (Wildman–Crippen LogP) is 2.07. The Morgan fingerprint density at radius 1 is 1.31 bits per heavy atom. The molecule has 0 spiro atoms. The molecule has 2 fully saturated rings. The van der Waals surface area contributed by atoms with Gasteiger partial charge in [0.2, 0.25) is 11.9 Å². The van der Waals surface area contributed by atoms with Gasteiger partial charge in [0.05, 0.1) is 37.3 Å². The number of amides is 1. The zero-order chi connectivity index (χ0) is 20.1. The Balaban J connectivity index is 1.44. The van der Waals surface area contributed by atoms with Gasteiger partial charge in [0, 0.05) is 25.9 Å². The molecule has 2 aromatic heterocycles. The Bertz CT molecular complexity index is 839. The minimum absolute atomic E-state index is 0.146. The van der Waals surface area contributed by atoms with Crippen LogP contribution in [0.1, 0.15) is 12.8 Å². The summed E-state index contributed by atoms with van der Waals surface area (Å²) in [6.07, 6.45) is 3.81. The molecule has 4 rings (SSSR count). The Hall–Kier alpha value is -1.88. The molecular formula is C18H23ClN6O3S. The molecule has 156 valence electrons. The number of hydrogen-bond donors (Lipinski definition) is 1. The van der Waals surface area contributed by atoms with Crippen LogP contribution in [0, 0.1) is 0 Å². The van der Waals surface area contributed by atoms with Crippen molar-refractivity contribution in [3.05, 3.63) is 23.5 Å². The van der Waals surface area contributed by atoms with Gasteiger partial charge in [0.1, 0.15) is 0 Å². The monoisotopic (exact) mass is 438 g/mol. The molecule has 2 aliphatic rings. The topological polar surface area (TPSA) is 94.4 Å². The second-order valence-electron chi connectivity index (χ2n) is 6.81. The Labute approximate surface area is 178 Å². The Kier molecular flexibility index (Phi) is 6.86. The van der Waals surface area contributed by atoms with E-state index in [9.17, 15) is 4.79 Å². The second-order valence-corrected chi connectivity index (χ2v) is 8.11. The van der Waals surface area contributed by atoms with E-state index in [1.807, 2.05) is 0 Å². The minimum Gasteiger partial charge on any atom is -0.378 e. The number of ether oxygens (including phenoxy) is 2. The van der Waals surface area contributed by atoms with Crippen molar-refractivity contribution in [1.82, 2.24) is 19.7 Å². The van der Waals surface area contributed by atoms with Gasteiger partial charge in [0.25, 0.3) is 0 Å². The highest BCUT2D eigenvalue weighted by Gasteiger charge is 2.25. The number of morpholine rings is 1. The summed E-state index contributed by atoms with van der Waals surface area (Å²) in [5, 5.41) is 12.5. The lowest BCUT2D eigenvalue weighted by molar-refractivity contribution is -0.113. The van der Waals surface area contributed by atoms with Gasteiger partial charge in [-0.15, -0.1) is 10.2 Å². The van der Waals surface area contributed by atoms with Gasteiger partial charge in [-0.3, -0.25) is 9.36 Å². The van der Waals surface area contributed by atoms with Gasteiger partial charge in [-0.25, -0.2) is 4.98 Å². The zero-order valence-electron chi connectivity index (χ0n) is 15.9. The summed E-state index contributed by atoms with van der Waals surface area (Å²) >= 11 is 7.36. The highest BCUT2D eigenvalue weighted by Crippen LogP contribution is 2.26. The van der Waals surface area contributed by atoms with Crippen LogP contribution in [-0.2, 0) is 20.8 Å². The van der Waals surface area contributed by atoms with Gasteiger partial charge in [-0.1, -0.05) is 23.4 Å². The van der Waals surface area contributed by atoms with E-state index < -0.39 is 0 Å². The average Bonchev–Trinajstić information content (AvgIpc) is 3.39. The molecule has 0 aliphatic carbocycles. The first-order valence-corrected chi connectivity index (χ1v) is 11.0. The van der Waals surface area contributed by atoms with E-state index in [4.69, 9.17) is 21.1 Å². The number of carbonyl (C=O) groups excluding carboxylic acids is 1. The maximum Gasteiger partial charge on any atom is 0.234 e. The number of rotatable bonds is 7. The van der Waals surface area contributed by atoms with E-state index >= 15 is 0 Å². The smallest absolute Gasteiger partial charge is 0.234 e. The summed E-state index contributed by atoms with van der Waals surface area (Å²) in [7, 11) is 0. The first kappa shape index (κ1) is 20.4. The van der Waals surface area contributed by atoms with E-state index in [1.54, 1.807) is 18.3 Å². The number of aromatic nitrogens is 4. The van der Waals surface area contributed by atoms with Gasteiger partial charge in [0.15, 0.2) is 10.3 Å². The number of thioether (sulfide) groups is 1. The van der Waals surface area contributed by atoms with Crippen LogP contribution >= 0.6 is 23.4 Å². The summed E-state index contributed by atoms with van der Waals surface area (Å²) in [5.74, 6) is 0.823. The largest absolute Gasteiger partial charge is 0.378 e. The molecule has 1 atom stereocenters. The molecule has 0 bridgehead atoms. The Morgan fingerprint density at radius 2 is 2.17 bits per heavy atom. The number of anilines is 2. The summed E-state index contributed by atoms with van der Waals surface area (Å²) in [5.41, 5.74) is 0.495. The van der Waals surface area contributed by atoms with Crippen LogP contribution in [0.3, 0.4) is 0 Å². The van der Waals surface area contributed by atoms with Crippen molar-refractivity contribution in [2.75, 3.05) is 48.9 Å². The van der Waals surface area contributed by atoms with Crippen molar-refractivity contribution in [2.24, 2.45) is 0 Å². The molecule has 0 radical (unpaired) electrons. The highest BCUT2D eigenvalue weighted by molar-refractivity contribution is 7.99. The van der Waals surface area contributed by atoms with Crippen LogP contribution in [0.25, 0.3) is 0 Å². The number of pyridine rings is 1. The fourth-order valence-corrected chi connectivity index (χ4v) is 4.24. The number of nitrogens with zero attached hydrogens (tertiary/aromatic N) is 5. The zero-order valence-corrected chi connectivity index (χ0v) is 17.5. The molecule has 2 saturated heterocycles. The van der Waals surface area contributed by atoms with Gasteiger partial charge in [-0.05, 0) is 25.0 Å². The summed E-state index contributed by atoms with van der Waals surface area (Å²) in [6, 6.07) is 3.44. The molecule has 1 unspecified atom stereocenters. The third-order valence-electron chi connectivity index (χ3n) is 4.77. The summed E-state index contributed by atoms with van der Waals surface area (Å²) < 4.78 is 13.3. The molecule has 0 aromatic carbocycles. The van der Waals surface area contributed by atoms with Crippen LogP contribution in [0.15, 0.2) is 23.5 Å². The van der Waals surface area contributed by atoms with Crippen molar-refractivity contribution in [3.63, 3.8) is 0 Å². The molecule has 2 aromatic rings. The van der Waals surface area contributed by atoms with Gasteiger partial charge < -0.3 is 19.7 Å². The molecule has 29 heavy (non-hydrogen) atoms. The van der Waals surface area contributed by atoms with E-state index in [1.165, 1.54) is 11.8 Å². The third-order valence-corrected chi connectivity index (χ3v) is 6.03. The van der Waals surface area contributed by atoms with Gasteiger partial charge >= 0.3 is 0 Å². The van der Waals surface area contributed by atoms with Crippen LogP contribution in [-0.4, -0.2) is 70.4 Å². The predicted molar refractivity (Wildman–Crippen MR) is 111 cm³/mol. The number of halogens is 1. The van der Waals surface area contributed by atoms with Crippen LogP contribution in [0.2, 0.25) is 5.15 Å². The van der Waals surface area contributed by atoms with E-state index in [0.29, 0.717) is 30.6 Å². The molecule has 1 N–H and O–H groups in total. The van der Waals surface area contributed by atoms with Crippen molar-refractivity contribution in [1.29, 1.82) is 0 Å². The second kappa shape index (κ2) is 9.75. The standard InChI is InChI=1S/C18H23ClN6O3S/c19-16-14(4-1-5-20-16)21-15(26)12-29-18-23-22-17(24-6-9-27-10-7-24)25(18)11-13-3-2-8-28-13/h1,4-5,13H,2-3,6-12H2,(H,21,26). The number of carbonyl (C=O) groups is 1. The number of nitrogens with one attached hydrogen (secondary N) is 1. The molecule has 11 heteroatoms. The quantitative estimate of drug-likeness (QED) is 0.518. The van der Waals surface area contributed by atoms with E-state index in [2.05, 4.69) is 30.0 Å². The first-order chi connectivity index (χ1) is 14.2. The fraction of sp³-hybridized carbons (Fsp3) is 0.556. The lowest BCUT2D eigenvalue weighted by Gasteiger charge is -2.28. The van der Waals surface area contributed by atoms with Crippen molar-refractivity contribution < 1.29 is 14.3 Å². The van der Waals surface area contributed by atoms with Crippen LogP contribution < -0.4 is 10.2 Å². The SMILES string of the molecule is O=C(CSc1nnc(N2CCOCC2)n1CC1CCCO1)Nc1cccnc1Cl. The average molecular weight is 439 g/mol. The molecular weight excluding hydrogens is 416 g/mol. The first-order valence-electron chi connectivity index (χ1n) is 9.61. The van der Waals surface area contributed by atoms with Gasteiger partial charge in [-0.2, -0.15) is 0 Å². The van der Waals surface area contributed by atoms with E-state index in [-0.39, 0.29) is 22.9 Å². The van der Waals surface area contributed by atoms with Crippen LogP contribution in [0.5, 0.6) is 0 Å². The summed E-state index contributed by atoms with van der Waals surface area (Å²) in [6.45, 7) is 4.35. The van der Waals surface area contributed by atoms with Crippen molar-refractivity contribution >= 4 is 40.9 Å². The van der Waals surface area contributed by atoms with Crippen molar-refractivity contribution in [3.8, 4) is 0 Å². The summed E-state index contributed by atoms with van der Waals surface area (Å²) in [4.78, 5) is 18.5. The number of hydrogen-bond acceptors (Lipinski definition) is 8. The Morgan fingerprint density at radius 3 is 2.93 bits per heavy atom. The lowest BCUT2D eigenvalue weighted by Crippen LogP contribution is -2.38. The molecule has 4 heterocycles. The van der Waals surface area contributed by atoms with Crippen LogP contribution in [0.4, 0.5) is 11.6 Å². The highest BCUT2D eigenvalue weighted by atomic mass is 35.5. The minimum atomic E-state index is -0.176. The normalized spacial score (nSPS) is 19.5. The maximum absolute atomic E-state index is 12.4. The lowest BCUT2D eigenvalue weighted by atomic mass is 10.2. The maximum atomic E-state index is 12.4. The molecule has 9 nitrogen and oxygen atoms in total. The fourth-order valence-electron chi connectivity index (χ4n) is 3.33. The third kappa shape index (κ3) is 5.19. The van der Waals surface area contributed by atoms with Crippen molar-refractivity contribution in [2.45, 2.75) is 30.6 Å². The molecule has 2 aliphatic heterocycles. The molecule has 1 amide bonds. The molecule has 0 saturated carbocycles. The van der Waals surface area contributed by atoms with E-state index in [0.717, 1.165) is 38.5 Å².